The highest BCUT2D eigenvalue weighted by Gasteiger charge is 2.16. The van der Waals surface area contributed by atoms with Crippen molar-refractivity contribution in [1.82, 2.24) is 10.3 Å². The first-order valence-corrected chi connectivity index (χ1v) is 9.24. The van der Waals surface area contributed by atoms with Crippen molar-refractivity contribution in [2.75, 3.05) is 0 Å². The number of carbonyl (C=O) groups excluding carboxylic acids is 1. The number of pyridine rings is 1. The van der Waals surface area contributed by atoms with E-state index in [1.54, 1.807) is 6.07 Å². The van der Waals surface area contributed by atoms with Crippen LogP contribution in [-0.4, -0.2) is 16.9 Å². The lowest BCUT2D eigenvalue weighted by Crippen LogP contribution is -2.32. The lowest BCUT2D eigenvalue weighted by molar-refractivity contribution is 0.0912. The van der Waals surface area contributed by atoms with Crippen molar-refractivity contribution in [3.8, 4) is 0 Å². The molecule has 0 fully saturated rings. The molecular formula is C23H22N2O2. The number of hydrogen-bond donors (Lipinski definition) is 1. The second kappa shape index (κ2) is 7.23. The molecule has 27 heavy (non-hydrogen) atoms. The van der Waals surface area contributed by atoms with E-state index in [1.165, 1.54) is 5.56 Å². The van der Waals surface area contributed by atoms with E-state index in [4.69, 9.17) is 4.42 Å². The normalized spacial score (nSPS) is 12.4. The van der Waals surface area contributed by atoms with Gasteiger partial charge in [-0.3, -0.25) is 4.79 Å². The number of nitrogens with zero attached hydrogens (tertiary/aromatic N) is 1. The Balaban J connectivity index is 1.47. The second-order valence-electron chi connectivity index (χ2n) is 7.09. The number of benzene rings is 2. The van der Waals surface area contributed by atoms with Crippen LogP contribution in [0, 0.1) is 6.92 Å². The van der Waals surface area contributed by atoms with Gasteiger partial charge in [0.05, 0.1) is 5.52 Å². The van der Waals surface area contributed by atoms with Crippen molar-refractivity contribution in [2.24, 2.45) is 0 Å². The van der Waals surface area contributed by atoms with Gasteiger partial charge in [-0.2, -0.15) is 0 Å². The highest BCUT2D eigenvalue weighted by atomic mass is 16.4. The van der Waals surface area contributed by atoms with E-state index in [-0.39, 0.29) is 11.9 Å². The molecule has 0 unspecified atom stereocenters. The molecule has 2 heterocycles. The van der Waals surface area contributed by atoms with Crippen LogP contribution in [0.2, 0.25) is 0 Å². The number of amides is 1. The summed E-state index contributed by atoms with van der Waals surface area (Å²) < 4.78 is 5.72. The van der Waals surface area contributed by atoms with E-state index >= 15 is 0 Å². The Morgan fingerprint density at radius 2 is 1.89 bits per heavy atom. The first-order valence-electron chi connectivity index (χ1n) is 9.24. The highest BCUT2D eigenvalue weighted by molar-refractivity contribution is 5.98. The SMILES string of the molecule is Cc1ccc2cc3cc(C(=O)N[C@@H](C)CCc4ccccc4)oc3nc2c1. The van der Waals surface area contributed by atoms with E-state index in [1.807, 2.05) is 50.2 Å². The zero-order chi connectivity index (χ0) is 18.8. The Morgan fingerprint density at radius 3 is 2.70 bits per heavy atom. The van der Waals surface area contributed by atoms with Gasteiger partial charge in [-0.1, -0.05) is 42.5 Å². The summed E-state index contributed by atoms with van der Waals surface area (Å²) in [5.74, 6) is 0.102. The summed E-state index contributed by atoms with van der Waals surface area (Å²) in [6.45, 7) is 4.04. The summed E-state index contributed by atoms with van der Waals surface area (Å²) in [4.78, 5) is 17.1. The molecule has 0 aliphatic rings. The van der Waals surface area contributed by atoms with Crippen LogP contribution in [-0.2, 0) is 6.42 Å². The van der Waals surface area contributed by atoms with Crippen molar-refractivity contribution in [1.29, 1.82) is 0 Å². The Hall–Kier alpha value is -3.14. The molecule has 0 spiro atoms. The lowest BCUT2D eigenvalue weighted by atomic mass is 10.1. The third-order valence-corrected chi connectivity index (χ3v) is 4.77. The molecule has 1 N–H and O–H groups in total. The number of rotatable bonds is 5. The first-order chi connectivity index (χ1) is 13.1. The van der Waals surface area contributed by atoms with E-state index in [9.17, 15) is 4.79 Å². The molecule has 4 rings (SSSR count). The van der Waals surface area contributed by atoms with Crippen LogP contribution in [0.4, 0.5) is 0 Å². The summed E-state index contributed by atoms with van der Waals surface area (Å²) in [5, 5.41) is 4.90. The molecule has 0 saturated heterocycles. The minimum absolute atomic E-state index is 0.0561. The Labute approximate surface area is 158 Å². The van der Waals surface area contributed by atoms with Gasteiger partial charge >= 0.3 is 0 Å². The fraction of sp³-hybridized carbons (Fsp3) is 0.217. The van der Waals surface area contributed by atoms with E-state index in [0.717, 1.165) is 34.7 Å². The molecule has 4 aromatic rings. The summed E-state index contributed by atoms with van der Waals surface area (Å²) >= 11 is 0. The van der Waals surface area contributed by atoms with Crippen LogP contribution in [0.15, 0.2) is 65.1 Å². The number of aromatic nitrogens is 1. The zero-order valence-electron chi connectivity index (χ0n) is 15.5. The molecule has 0 radical (unpaired) electrons. The summed E-state index contributed by atoms with van der Waals surface area (Å²) in [6, 6.07) is 20.2. The van der Waals surface area contributed by atoms with Gasteiger partial charge in [0.1, 0.15) is 0 Å². The summed E-state index contributed by atoms with van der Waals surface area (Å²) in [7, 11) is 0. The van der Waals surface area contributed by atoms with E-state index < -0.39 is 0 Å². The molecular weight excluding hydrogens is 336 g/mol. The molecule has 2 aromatic heterocycles. The molecule has 0 saturated carbocycles. The monoisotopic (exact) mass is 358 g/mol. The smallest absolute Gasteiger partial charge is 0.287 e. The van der Waals surface area contributed by atoms with Crippen LogP contribution in [0.1, 0.15) is 35.0 Å². The molecule has 136 valence electrons. The maximum atomic E-state index is 12.6. The molecule has 1 amide bonds. The zero-order valence-corrected chi connectivity index (χ0v) is 15.5. The molecule has 1 atom stereocenters. The molecule has 0 aliphatic heterocycles. The minimum atomic E-state index is -0.200. The molecule has 0 bridgehead atoms. The number of fused-ring (bicyclic) bond motifs is 2. The van der Waals surface area contributed by atoms with Crippen LogP contribution >= 0.6 is 0 Å². The number of nitrogens with one attached hydrogen (secondary N) is 1. The molecule has 0 aliphatic carbocycles. The molecule has 4 nitrogen and oxygen atoms in total. The van der Waals surface area contributed by atoms with Gasteiger partial charge in [-0.05, 0) is 56.0 Å². The van der Waals surface area contributed by atoms with Crippen molar-refractivity contribution in [2.45, 2.75) is 32.7 Å². The van der Waals surface area contributed by atoms with E-state index in [0.29, 0.717) is 11.5 Å². The minimum Gasteiger partial charge on any atom is -0.433 e. The van der Waals surface area contributed by atoms with Crippen molar-refractivity contribution >= 4 is 27.9 Å². The largest absolute Gasteiger partial charge is 0.433 e. The van der Waals surface area contributed by atoms with Gasteiger partial charge in [0, 0.05) is 16.8 Å². The number of furan rings is 1. The third-order valence-electron chi connectivity index (χ3n) is 4.77. The molecule has 2 aromatic carbocycles. The summed E-state index contributed by atoms with van der Waals surface area (Å²) in [6.07, 6.45) is 1.80. The average Bonchev–Trinajstić information content (AvgIpc) is 3.08. The van der Waals surface area contributed by atoms with Crippen molar-refractivity contribution in [3.63, 3.8) is 0 Å². The van der Waals surface area contributed by atoms with Crippen LogP contribution in [0.25, 0.3) is 22.0 Å². The van der Waals surface area contributed by atoms with Crippen LogP contribution in [0.5, 0.6) is 0 Å². The maximum absolute atomic E-state index is 12.6. The Bertz CT molecular complexity index is 1100. The average molecular weight is 358 g/mol. The van der Waals surface area contributed by atoms with Crippen LogP contribution < -0.4 is 5.32 Å². The van der Waals surface area contributed by atoms with Gasteiger partial charge in [0.2, 0.25) is 5.71 Å². The van der Waals surface area contributed by atoms with Crippen molar-refractivity contribution < 1.29 is 9.21 Å². The maximum Gasteiger partial charge on any atom is 0.287 e. The van der Waals surface area contributed by atoms with Gasteiger partial charge in [-0.25, -0.2) is 4.98 Å². The van der Waals surface area contributed by atoms with E-state index in [2.05, 4.69) is 28.5 Å². The summed E-state index contributed by atoms with van der Waals surface area (Å²) in [5.41, 5.74) is 3.79. The number of hydrogen-bond acceptors (Lipinski definition) is 3. The Morgan fingerprint density at radius 1 is 1.07 bits per heavy atom. The third kappa shape index (κ3) is 3.85. The lowest BCUT2D eigenvalue weighted by Gasteiger charge is -2.12. The molecule has 4 heteroatoms. The number of carbonyl (C=O) groups is 1. The van der Waals surface area contributed by atoms with Crippen LogP contribution in [0.3, 0.4) is 0 Å². The van der Waals surface area contributed by atoms with Gasteiger partial charge in [-0.15, -0.1) is 0 Å². The van der Waals surface area contributed by atoms with Crippen molar-refractivity contribution in [3.05, 3.63) is 77.6 Å². The second-order valence-corrected chi connectivity index (χ2v) is 7.09. The topological polar surface area (TPSA) is 55.1 Å². The quantitative estimate of drug-likeness (QED) is 0.544. The fourth-order valence-corrected chi connectivity index (χ4v) is 3.24. The van der Waals surface area contributed by atoms with Gasteiger partial charge in [0.15, 0.2) is 5.76 Å². The Kier molecular flexibility index (Phi) is 4.63. The number of aryl methyl sites for hydroxylation is 2. The predicted molar refractivity (Wildman–Crippen MR) is 108 cm³/mol. The predicted octanol–water partition coefficient (Wildman–Crippen LogP) is 5.04. The highest BCUT2D eigenvalue weighted by Crippen LogP contribution is 2.23. The standard InChI is InChI=1S/C23H22N2O2/c1-15-8-11-18-13-19-14-21(27-23(19)25-20(18)12-15)22(26)24-16(2)9-10-17-6-4-3-5-7-17/h3-8,11-14,16H,9-10H2,1-2H3,(H,24,26)/t16-/m0/s1. The van der Waals surface area contributed by atoms with Gasteiger partial charge < -0.3 is 9.73 Å². The first kappa shape index (κ1) is 17.3. The fourth-order valence-electron chi connectivity index (χ4n) is 3.24. The van der Waals surface area contributed by atoms with Gasteiger partial charge in [0.25, 0.3) is 5.91 Å².